The number of pyridine rings is 1. The zero-order valence-electron chi connectivity index (χ0n) is 15.2. The van der Waals surface area contributed by atoms with Crippen molar-refractivity contribution in [2.75, 3.05) is 6.61 Å². The van der Waals surface area contributed by atoms with Crippen molar-refractivity contribution < 1.29 is 27.8 Å². The van der Waals surface area contributed by atoms with Crippen LogP contribution < -0.4 is 4.74 Å². The first-order chi connectivity index (χ1) is 13.1. The molecular formula is C19H18F3N3O3. The van der Waals surface area contributed by atoms with Gasteiger partial charge in [0, 0.05) is 18.0 Å². The minimum Gasteiger partial charge on any atom is -0.484 e. The number of ether oxygens (including phenoxy) is 1. The maximum atomic E-state index is 13.5. The molecule has 1 amide bonds. The Hall–Kier alpha value is -2.94. The van der Waals surface area contributed by atoms with Gasteiger partial charge in [-0.25, -0.2) is 0 Å². The number of halogens is 3. The van der Waals surface area contributed by atoms with Crippen LogP contribution in [0.1, 0.15) is 23.1 Å². The minimum absolute atomic E-state index is 0.0536. The minimum atomic E-state index is -5.10. The number of hydrogen-bond donors (Lipinski definition) is 1. The number of carbonyl (C=O) groups is 1. The van der Waals surface area contributed by atoms with E-state index in [-0.39, 0.29) is 16.3 Å². The van der Waals surface area contributed by atoms with Crippen LogP contribution in [0, 0.1) is 13.8 Å². The predicted octanol–water partition coefficient (Wildman–Crippen LogP) is 2.96. The Bertz CT molecular complexity index is 895. The molecule has 1 aliphatic heterocycles. The van der Waals surface area contributed by atoms with Crippen LogP contribution >= 0.6 is 0 Å². The Morgan fingerprint density at radius 2 is 1.96 bits per heavy atom. The number of aromatic nitrogens is 1. The summed E-state index contributed by atoms with van der Waals surface area (Å²) in [5.74, 6) is -0.769. The number of hydrogen-bond acceptors (Lipinski definition) is 5. The highest BCUT2D eigenvalue weighted by Crippen LogP contribution is 2.41. The summed E-state index contributed by atoms with van der Waals surface area (Å²) in [4.78, 5) is 16.3. The van der Waals surface area contributed by atoms with Crippen molar-refractivity contribution in [1.82, 2.24) is 9.99 Å². The summed E-state index contributed by atoms with van der Waals surface area (Å²) in [5.41, 5.74) is -1.48. The number of rotatable bonds is 4. The molecule has 0 fully saturated rings. The number of amides is 1. The highest BCUT2D eigenvalue weighted by Gasteiger charge is 2.63. The fourth-order valence-electron chi connectivity index (χ4n) is 2.95. The van der Waals surface area contributed by atoms with E-state index >= 15 is 0 Å². The van der Waals surface area contributed by atoms with Crippen molar-refractivity contribution in [3.63, 3.8) is 0 Å². The molecule has 0 radical (unpaired) electrons. The predicted molar refractivity (Wildman–Crippen MR) is 94.7 cm³/mol. The Labute approximate surface area is 159 Å². The molecule has 28 heavy (non-hydrogen) atoms. The average Bonchev–Trinajstić information content (AvgIpc) is 2.99. The molecule has 2 aromatic rings. The molecule has 0 bridgehead atoms. The molecule has 0 saturated heterocycles. The van der Waals surface area contributed by atoms with Gasteiger partial charge in [-0.2, -0.15) is 23.3 Å². The number of alkyl halides is 3. The summed E-state index contributed by atoms with van der Waals surface area (Å²) in [5, 5.41) is 14.1. The van der Waals surface area contributed by atoms with Gasteiger partial charge in [0.25, 0.3) is 11.6 Å². The van der Waals surface area contributed by atoms with Gasteiger partial charge in [0.15, 0.2) is 6.61 Å². The first-order valence-electron chi connectivity index (χ1n) is 8.41. The first-order valence-corrected chi connectivity index (χ1v) is 8.41. The van der Waals surface area contributed by atoms with E-state index in [4.69, 9.17) is 4.74 Å². The third-order valence-electron chi connectivity index (χ3n) is 4.23. The lowest BCUT2D eigenvalue weighted by molar-refractivity contribution is -0.302. The molecule has 3 rings (SSSR count). The monoisotopic (exact) mass is 393 g/mol. The zero-order chi connectivity index (χ0) is 20.5. The Morgan fingerprint density at radius 3 is 2.54 bits per heavy atom. The third kappa shape index (κ3) is 3.84. The van der Waals surface area contributed by atoms with Crippen LogP contribution in [0.5, 0.6) is 5.75 Å². The van der Waals surface area contributed by atoms with Gasteiger partial charge in [0.2, 0.25) is 0 Å². The lowest BCUT2D eigenvalue weighted by Gasteiger charge is -2.32. The second kappa shape index (κ2) is 7.23. The van der Waals surface area contributed by atoms with E-state index in [0.29, 0.717) is 5.75 Å². The molecule has 0 spiro atoms. The van der Waals surface area contributed by atoms with Crippen LogP contribution in [-0.2, 0) is 4.79 Å². The van der Waals surface area contributed by atoms with E-state index in [1.54, 1.807) is 12.1 Å². The summed E-state index contributed by atoms with van der Waals surface area (Å²) in [6.07, 6.45) is -3.22. The number of aryl methyl sites for hydroxylation is 2. The second-order valence-electron chi connectivity index (χ2n) is 6.60. The van der Waals surface area contributed by atoms with Crippen LogP contribution in [0.25, 0.3) is 0 Å². The van der Waals surface area contributed by atoms with Crippen LogP contribution in [0.15, 0.2) is 47.8 Å². The van der Waals surface area contributed by atoms with Gasteiger partial charge in [-0.05, 0) is 43.2 Å². The summed E-state index contributed by atoms with van der Waals surface area (Å²) < 4.78 is 46.0. The van der Waals surface area contributed by atoms with Crippen LogP contribution in [0.3, 0.4) is 0 Å². The Morgan fingerprint density at radius 1 is 1.29 bits per heavy atom. The molecule has 148 valence electrons. The molecule has 1 aromatic heterocycles. The number of aliphatic hydroxyl groups is 1. The molecule has 9 heteroatoms. The van der Waals surface area contributed by atoms with Gasteiger partial charge in [0.1, 0.15) is 5.75 Å². The fraction of sp³-hybridized carbons (Fsp3) is 0.316. The van der Waals surface area contributed by atoms with E-state index in [2.05, 4.69) is 10.1 Å². The van der Waals surface area contributed by atoms with Gasteiger partial charge in [-0.1, -0.05) is 12.1 Å². The second-order valence-corrected chi connectivity index (χ2v) is 6.60. The zero-order valence-corrected chi connectivity index (χ0v) is 15.2. The molecule has 0 saturated carbocycles. The van der Waals surface area contributed by atoms with E-state index < -0.39 is 30.8 Å². The average molecular weight is 393 g/mol. The highest BCUT2D eigenvalue weighted by atomic mass is 19.4. The molecule has 0 aliphatic carbocycles. The smallest absolute Gasteiger partial charge is 0.438 e. The summed E-state index contributed by atoms with van der Waals surface area (Å²) >= 11 is 0. The lowest BCUT2D eigenvalue weighted by atomic mass is 10.0. The molecule has 1 aromatic carbocycles. The van der Waals surface area contributed by atoms with E-state index in [1.165, 1.54) is 24.5 Å². The molecule has 1 N–H and O–H groups in total. The molecule has 6 nitrogen and oxygen atoms in total. The molecule has 2 heterocycles. The third-order valence-corrected chi connectivity index (χ3v) is 4.23. The SMILES string of the molecule is Cc1cc(C)cc(OCC(=O)N2N=C(c3cccnc3)C[C@]2(O)C(F)(F)F)c1. The van der Waals surface area contributed by atoms with Crippen LogP contribution in [-0.4, -0.2) is 45.2 Å². The van der Waals surface area contributed by atoms with Crippen molar-refractivity contribution in [3.8, 4) is 5.75 Å². The van der Waals surface area contributed by atoms with E-state index in [9.17, 15) is 23.1 Å². The largest absolute Gasteiger partial charge is 0.484 e. The van der Waals surface area contributed by atoms with Crippen molar-refractivity contribution in [2.24, 2.45) is 5.10 Å². The molecule has 1 aliphatic rings. The van der Waals surface area contributed by atoms with Crippen molar-refractivity contribution in [2.45, 2.75) is 32.2 Å². The number of benzene rings is 1. The van der Waals surface area contributed by atoms with E-state index in [1.807, 2.05) is 19.9 Å². The van der Waals surface area contributed by atoms with Crippen molar-refractivity contribution in [3.05, 3.63) is 59.4 Å². The molecular weight excluding hydrogens is 375 g/mol. The highest BCUT2D eigenvalue weighted by molar-refractivity contribution is 6.03. The normalized spacial score (nSPS) is 19.5. The maximum absolute atomic E-state index is 13.5. The Balaban J connectivity index is 1.85. The maximum Gasteiger partial charge on any atom is 0.438 e. The molecule has 0 unspecified atom stereocenters. The number of hydrazone groups is 1. The van der Waals surface area contributed by atoms with Crippen LogP contribution in [0.4, 0.5) is 13.2 Å². The van der Waals surface area contributed by atoms with Crippen molar-refractivity contribution >= 4 is 11.6 Å². The number of nitrogens with zero attached hydrogens (tertiary/aromatic N) is 3. The number of carbonyl (C=O) groups excluding carboxylic acids is 1. The molecule has 1 atom stereocenters. The Kier molecular flexibility index (Phi) is 5.12. The van der Waals surface area contributed by atoms with Gasteiger partial charge < -0.3 is 9.84 Å². The fourth-order valence-corrected chi connectivity index (χ4v) is 2.95. The lowest BCUT2D eigenvalue weighted by Crippen LogP contribution is -2.57. The van der Waals surface area contributed by atoms with Crippen molar-refractivity contribution in [1.29, 1.82) is 0 Å². The van der Waals surface area contributed by atoms with Gasteiger partial charge in [0.05, 0.1) is 12.1 Å². The summed E-state index contributed by atoms with van der Waals surface area (Å²) in [6, 6.07) is 8.23. The van der Waals surface area contributed by atoms with Crippen LogP contribution in [0.2, 0.25) is 0 Å². The first kappa shape index (κ1) is 19.8. The van der Waals surface area contributed by atoms with Gasteiger partial charge in [-0.15, -0.1) is 0 Å². The topological polar surface area (TPSA) is 75.0 Å². The van der Waals surface area contributed by atoms with E-state index in [0.717, 1.165) is 11.1 Å². The van der Waals surface area contributed by atoms with Gasteiger partial charge in [-0.3, -0.25) is 9.78 Å². The quantitative estimate of drug-likeness (QED) is 0.867. The summed E-state index contributed by atoms with van der Waals surface area (Å²) in [6.45, 7) is 2.95. The van der Waals surface area contributed by atoms with Gasteiger partial charge >= 0.3 is 6.18 Å². The standard InChI is InChI=1S/C19H18F3N3O3/c1-12-6-13(2)8-15(7-12)28-11-17(26)25-18(27,19(20,21)22)9-16(24-25)14-4-3-5-23-10-14/h3-8,10,27H,9,11H2,1-2H3/t18-/m0/s1. The summed E-state index contributed by atoms with van der Waals surface area (Å²) in [7, 11) is 0.